The Morgan fingerprint density at radius 3 is 1.77 bits per heavy atom. The van der Waals surface area contributed by atoms with E-state index in [0.29, 0.717) is 24.3 Å². The van der Waals surface area contributed by atoms with Gasteiger partial charge in [0.1, 0.15) is 25.4 Å². The molecule has 0 amide bonds. The number of ether oxygens (including phenoxy) is 4. The first-order valence-electron chi connectivity index (χ1n) is 8.47. The second kappa shape index (κ2) is 7.27. The lowest BCUT2D eigenvalue weighted by molar-refractivity contribution is 0.0474. The molecule has 6 heteroatoms. The van der Waals surface area contributed by atoms with Crippen molar-refractivity contribution in [3.63, 3.8) is 0 Å². The van der Waals surface area contributed by atoms with E-state index in [1.165, 1.54) is 6.07 Å². The van der Waals surface area contributed by atoms with Crippen molar-refractivity contribution in [3.8, 4) is 11.1 Å². The molecule has 2 aromatic rings. The maximum Gasteiger partial charge on any atom is 0.338 e. The number of esters is 2. The first-order valence-corrected chi connectivity index (χ1v) is 8.47. The highest BCUT2D eigenvalue weighted by atomic mass is 16.6. The highest BCUT2D eigenvalue weighted by molar-refractivity contribution is 5.97. The van der Waals surface area contributed by atoms with E-state index in [-0.39, 0.29) is 25.4 Å². The van der Waals surface area contributed by atoms with Crippen molar-refractivity contribution in [1.29, 1.82) is 0 Å². The molecule has 26 heavy (non-hydrogen) atoms. The summed E-state index contributed by atoms with van der Waals surface area (Å²) in [6, 6.07) is 14.4. The van der Waals surface area contributed by atoms with Crippen LogP contribution in [0.3, 0.4) is 0 Å². The summed E-state index contributed by atoms with van der Waals surface area (Å²) in [6.45, 7) is 1.65. The fourth-order valence-electron chi connectivity index (χ4n) is 2.49. The minimum atomic E-state index is -0.488. The fraction of sp³-hybridized carbons (Fsp3) is 0.300. The van der Waals surface area contributed by atoms with Gasteiger partial charge in [-0.2, -0.15) is 0 Å². The molecule has 2 fully saturated rings. The smallest absolute Gasteiger partial charge is 0.338 e. The summed E-state index contributed by atoms with van der Waals surface area (Å²) in [7, 11) is 0. The van der Waals surface area contributed by atoms with E-state index in [2.05, 4.69) is 0 Å². The largest absolute Gasteiger partial charge is 0.459 e. The quantitative estimate of drug-likeness (QED) is 0.561. The van der Waals surface area contributed by atoms with Gasteiger partial charge in [0.15, 0.2) is 0 Å². The Hall–Kier alpha value is -2.70. The third-order valence-electron chi connectivity index (χ3n) is 4.12. The Balaban J connectivity index is 1.59. The van der Waals surface area contributed by atoms with E-state index in [0.717, 1.165) is 11.1 Å². The summed E-state index contributed by atoms with van der Waals surface area (Å²) >= 11 is 0. The number of benzene rings is 2. The molecule has 0 N–H and O–H groups in total. The van der Waals surface area contributed by atoms with Crippen LogP contribution in [-0.2, 0) is 18.9 Å². The van der Waals surface area contributed by atoms with Gasteiger partial charge in [0, 0.05) is 0 Å². The van der Waals surface area contributed by atoms with Crippen LogP contribution in [0.25, 0.3) is 11.1 Å². The standard InChI is InChI=1S/C20H18O6/c21-19(25-11-17-9-23-17)15-6-14(13-4-2-1-3-5-13)7-16(8-15)20(22)26-12-18-10-24-18/h1-8,17-18H,9-12H2. The molecule has 0 spiro atoms. The molecule has 2 unspecified atom stereocenters. The summed E-state index contributed by atoms with van der Waals surface area (Å²) in [5, 5.41) is 0. The molecular weight excluding hydrogens is 336 g/mol. The molecule has 2 aromatic carbocycles. The first kappa shape index (κ1) is 16.8. The molecule has 0 aromatic heterocycles. The fourth-order valence-corrected chi connectivity index (χ4v) is 2.49. The average Bonchev–Trinajstić information content (AvgIpc) is 3.59. The summed E-state index contributed by atoms with van der Waals surface area (Å²) in [4.78, 5) is 24.7. The van der Waals surface area contributed by atoms with Gasteiger partial charge in [0.05, 0.1) is 24.3 Å². The number of carbonyl (C=O) groups is 2. The zero-order chi connectivity index (χ0) is 17.9. The molecule has 0 aliphatic carbocycles. The highest BCUT2D eigenvalue weighted by Gasteiger charge is 2.26. The SMILES string of the molecule is O=C(OCC1CO1)c1cc(C(=O)OCC2CO2)cc(-c2ccccc2)c1. The van der Waals surface area contributed by atoms with Crippen LogP contribution >= 0.6 is 0 Å². The van der Waals surface area contributed by atoms with Crippen molar-refractivity contribution in [3.05, 3.63) is 59.7 Å². The Labute approximate surface area is 150 Å². The van der Waals surface area contributed by atoms with E-state index >= 15 is 0 Å². The van der Waals surface area contributed by atoms with Crippen LogP contribution in [0.2, 0.25) is 0 Å². The lowest BCUT2D eigenvalue weighted by Gasteiger charge is -2.10. The molecule has 4 rings (SSSR count). The Kier molecular flexibility index (Phi) is 4.69. The number of carbonyl (C=O) groups excluding carboxylic acids is 2. The predicted octanol–water partition coefficient (Wildman–Crippen LogP) is 2.46. The minimum Gasteiger partial charge on any atom is -0.459 e. The molecule has 0 saturated carbocycles. The minimum absolute atomic E-state index is 0.0146. The van der Waals surface area contributed by atoms with Crippen molar-refractivity contribution >= 4 is 11.9 Å². The third kappa shape index (κ3) is 4.28. The van der Waals surface area contributed by atoms with E-state index in [1.54, 1.807) is 12.1 Å². The second-order valence-electron chi connectivity index (χ2n) is 6.27. The van der Waals surface area contributed by atoms with Gasteiger partial charge in [0.25, 0.3) is 0 Å². The molecule has 6 nitrogen and oxygen atoms in total. The van der Waals surface area contributed by atoms with E-state index in [4.69, 9.17) is 18.9 Å². The van der Waals surface area contributed by atoms with Gasteiger partial charge in [-0.05, 0) is 29.3 Å². The van der Waals surface area contributed by atoms with E-state index in [9.17, 15) is 9.59 Å². The second-order valence-corrected chi connectivity index (χ2v) is 6.27. The lowest BCUT2D eigenvalue weighted by atomic mass is 9.99. The topological polar surface area (TPSA) is 77.7 Å². The maximum atomic E-state index is 12.4. The van der Waals surface area contributed by atoms with Crippen molar-refractivity contribution in [2.24, 2.45) is 0 Å². The zero-order valence-electron chi connectivity index (χ0n) is 14.1. The summed E-state index contributed by atoms with van der Waals surface area (Å²) in [5.74, 6) is -0.976. The predicted molar refractivity (Wildman–Crippen MR) is 91.9 cm³/mol. The Morgan fingerprint density at radius 1 is 0.808 bits per heavy atom. The molecule has 134 valence electrons. The van der Waals surface area contributed by atoms with Crippen LogP contribution < -0.4 is 0 Å². The third-order valence-corrected chi connectivity index (χ3v) is 4.12. The lowest BCUT2D eigenvalue weighted by Crippen LogP contribution is -2.13. The van der Waals surface area contributed by atoms with Gasteiger partial charge in [-0.1, -0.05) is 30.3 Å². The van der Waals surface area contributed by atoms with Crippen LogP contribution in [0.4, 0.5) is 0 Å². The Morgan fingerprint density at radius 2 is 1.31 bits per heavy atom. The zero-order valence-corrected chi connectivity index (χ0v) is 14.1. The van der Waals surface area contributed by atoms with E-state index < -0.39 is 11.9 Å². The van der Waals surface area contributed by atoms with Gasteiger partial charge in [0.2, 0.25) is 0 Å². The number of hydrogen-bond acceptors (Lipinski definition) is 6. The van der Waals surface area contributed by atoms with Crippen molar-refractivity contribution in [1.82, 2.24) is 0 Å². The normalized spacial score (nSPS) is 20.3. The molecule has 2 heterocycles. The molecule has 2 atom stereocenters. The molecule has 2 aliphatic heterocycles. The van der Waals surface area contributed by atoms with Crippen molar-refractivity contribution < 1.29 is 28.5 Å². The summed E-state index contributed by atoms with van der Waals surface area (Å²) < 4.78 is 20.6. The van der Waals surface area contributed by atoms with Gasteiger partial charge in [-0.15, -0.1) is 0 Å². The van der Waals surface area contributed by atoms with Crippen LogP contribution in [-0.4, -0.2) is 50.6 Å². The van der Waals surface area contributed by atoms with E-state index in [1.807, 2.05) is 30.3 Å². The van der Waals surface area contributed by atoms with Crippen LogP contribution in [0.5, 0.6) is 0 Å². The monoisotopic (exact) mass is 354 g/mol. The van der Waals surface area contributed by atoms with Crippen LogP contribution in [0.15, 0.2) is 48.5 Å². The summed E-state index contributed by atoms with van der Waals surface area (Å²) in [5.41, 5.74) is 2.26. The highest BCUT2D eigenvalue weighted by Crippen LogP contribution is 2.24. The Bertz CT molecular complexity index is 762. The number of epoxide rings is 2. The number of hydrogen-bond donors (Lipinski definition) is 0. The molecule has 0 bridgehead atoms. The van der Waals surface area contributed by atoms with Crippen LogP contribution in [0, 0.1) is 0 Å². The molecule has 0 radical (unpaired) electrons. The van der Waals surface area contributed by atoms with Crippen LogP contribution in [0.1, 0.15) is 20.7 Å². The van der Waals surface area contributed by atoms with Gasteiger partial charge in [-0.3, -0.25) is 0 Å². The van der Waals surface area contributed by atoms with Crippen molar-refractivity contribution in [2.75, 3.05) is 26.4 Å². The van der Waals surface area contributed by atoms with Crippen molar-refractivity contribution in [2.45, 2.75) is 12.2 Å². The van der Waals surface area contributed by atoms with Gasteiger partial charge >= 0.3 is 11.9 Å². The molecular formula is C20H18O6. The summed E-state index contributed by atoms with van der Waals surface area (Å²) in [6.07, 6.45) is -0.0292. The molecule has 2 saturated heterocycles. The number of rotatable bonds is 7. The molecule has 2 aliphatic rings. The first-order chi connectivity index (χ1) is 12.7. The maximum absolute atomic E-state index is 12.4. The average molecular weight is 354 g/mol. The van der Waals surface area contributed by atoms with Gasteiger partial charge < -0.3 is 18.9 Å². The van der Waals surface area contributed by atoms with Gasteiger partial charge in [-0.25, -0.2) is 9.59 Å².